The van der Waals surface area contributed by atoms with Crippen LogP contribution in [0.2, 0.25) is 5.02 Å². The first-order chi connectivity index (χ1) is 22.9. The summed E-state index contributed by atoms with van der Waals surface area (Å²) in [6, 6.07) is 3.91. The lowest BCUT2D eigenvalue weighted by molar-refractivity contribution is -0.141. The van der Waals surface area contributed by atoms with Crippen molar-refractivity contribution < 1.29 is 32.7 Å². The van der Waals surface area contributed by atoms with Gasteiger partial charge in [-0.3, -0.25) is 14.3 Å². The largest absolute Gasteiger partial charge is 0.435 e. The van der Waals surface area contributed by atoms with Gasteiger partial charge in [-0.2, -0.15) is 18.3 Å². The van der Waals surface area contributed by atoms with Crippen LogP contribution in [0.4, 0.5) is 23.7 Å². The van der Waals surface area contributed by atoms with Gasteiger partial charge in [0.15, 0.2) is 11.5 Å². The molecule has 3 saturated carbocycles. The molecule has 4 fully saturated rings. The fourth-order valence-corrected chi connectivity index (χ4v) is 7.45. The van der Waals surface area contributed by atoms with Crippen LogP contribution >= 0.6 is 11.6 Å². The Kier molecular flexibility index (Phi) is 8.38. The van der Waals surface area contributed by atoms with Crippen molar-refractivity contribution in [3.63, 3.8) is 0 Å². The number of carbonyl (C=O) groups is 3. The number of urea groups is 1. The number of rotatable bonds is 8. The van der Waals surface area contributed by atoms with E-state index in [1.807, 2.05) is 0 Å². The van der Waals surface area contributed by atoms with E-state index >= 15 is 0 Å². The molecule has 48 heavy (non-hydrogen) atoms. The molecule has 3 aliphatic carbocycles. The number of imidazole rings is 1. The third-order valence-electron chi connectivity index (χ3n) is 10.2. The van der Waals surface area contributed by atoms with Gasteiger partial charge in [0, 0.05) is 56.4 Å². The zero-order valence-corrected chi connectivity index (χ0v) is 26.9. The van der Waals surface area contributed by atoms with Gasteiger partial charge < -0.3 is 30.5 Å². The Bertz CT molecular complexity index is 1740. The molecule has 1 aliphatic heterocycles. The Hall–Kier alpha value is -4.11. The van der Waals surface area contributed by atoms with Crippen molar-refractivity contribution >= 4 is 35.1 Å². The molecule has 0 radical (unpaired) electrons. The van der Waals surface area contributed by atoms with Gasteiger partial charge >= 0.3 is 12.2 Å². The molecule has 4 N–H and O–H groups in total. The SMILES string of the molecule is Cn1c(-c2cn(CC3CCC3)nc2C(F)(F)F)cnc1C(=O)Nc1ccc(C(=O)NC2[C@H]3CN(C(=O)N[C@@H]4CCC[C@H]4O)C[C@@H]23)c(Cl)c1. The van der Waals surface area contributed by atoms with Gasteiger partial charge in [-0.1, -0.05) is 18.0 Å². The molecule has 2 aromatic heterocycles. The maximum atomic E-state index is 13.9. The van der Waals surface area contributed by atoms with Gasteiger partial charge in [-0.15, -0.1) is 0 Å². The molecule has 4 aliphatic rings. The standard InChI is InChI=1S/C32H36ClF3N8O4/c1-42-24(21-15-44(12-16-4-2-5-16)41-27(21)32(34,35)36)11-37-28(42)30(47)38-17-8-9-18(22(33)10-17)29(46)40-26-19-13-43(14-20(19)26)31(48)39-23-6-3-7-25(23)45/h8-11,15-16,19-20,23,25-26,45H,2-7,12-14H2,1H3,(H,38,47)(H,39,48)(H,40,46)/t19-,20+,23-,25-,26?/m1/s1. The van der Waals surface area contributed by atoms with Crippen LogP contribution in [0, 0.1) is 17.8 Å². The predicted molar refractivity (Wildman–Crippen MR) is 168 cm³/mol. The molecule has 7 rings (SSSR count). The minimum atomic E-state index is -4.69. The monoisotopic (exact) mass is 688 g/mol. The molecule has 3 aromatic rings. The topological polar surface area (TPSA) is 146 Å². The number of aliphatic hydroxyl groups is 1. The lowest BCUT2D eigenvalue weighted by atomic mass is 9.85. The highest BCUT2D eigenvalue weighted by Gasteiger charge is 2.57. The van der Waals surface area contributed by atoms with Crippen LogP contribution in [-0.4, -0.2) is 78.5 Å². The summed E-state index contributed by atoms with van der Waals surface area (Å²) in [6.07, 6.45) is 2.68. The molecular formula is C32H36ClF3N8O4. The summed E-state index contributed by atoms with van der Waals surface area (Å²) in [6.45, 7) is 1.42. The van der Waals surface area contributed by atoms with Gasteiger partial charge in [-0.25, -0.2) is 9.78 Å². The van der Waals surface area contributed by atoms with E-state index in [1.165, 1.54) is 46.9 Å². The van der Waals surface area contributed by atoms with Crippen LogP contribution in [-0.2, 0) is 19.8 Å². The van der Waals surface area contributed by atoms with Gasteiger partial charge in [-0.05, 0) is 56.2 Å². The number of aliphatic hydroxyl groups excluding tert-OH is 1. The number of anilines is 1. The van der Waals surface area contributed by atoms with Gasteiger partial charge in [0.2, 0.25) is 0 Å². The minimum Gasteiger partial charge on any atom is -0.391 e. The number of benzene rings is 1. The molecule has 3 heterocycles. The number of hydrogen-bond acceptors (Lipinski definition) is 6. The molecule has 256 valence electrons. The lowest BCUT2D eigenvalue weighted by Gasteiger charge is -2.24. The van der Waals surface area contributed by atoms with Gasteiger partial charge in [0.05, 0.1) is 40.2 Å². The Morgan fingerprint density at radius 1 is 1.04 bits per heavy atom. The maximum absolute atomic E-state index is 13.9. The Balaban J connectivity index is 0.957. The molecule has 16 heteroatoms. The second-order valence-corrected chi connectivity index (χ2v) is 13.8. The quantitative estimate of drug-likeness (QED) is 0.278. The summed E-state index contributed by atoms with van der Waals surface area (Å²) < 4.78 is 44.3. The van der Waals surface area contributed by atoms with Crippen molar-refractivity contribution in [1.82, 2.24) is 34.9 Å². The van der Waals surface area contributed by atoms with Crippen molar-refractivity contribution in [3.05, 3.63) is 52.7 Å². The van der Waals surface area contributed by atoms with Crippen LogP contribution in [0.5, 0.6) is 0 Å². The molecule has 0 spiro atoms. The highest BCUT2D eigenvalue weighted by molar-refractivity contribution is 6.34. The molecule has 4 amide bonds. The van der Waals surface area contributed by atoms with Crippen molar-refractivity contribution in [1.29, 1.82) is 0 Å². The van der Waals surface area contributed by atoms with E-state index in [9.17, 15) is 32.7 Å². The Morgan fingerprint density at radius 2 is 1.77 bits per heavy atom. The first kappa shape index (κ1) is 32.4. The summed E-state index contributed by atoms with van der Waals surface area (Å²) in [4.78, 5) is 44.6. The van der Waals surface area contributed by atoms with E-state index in [0.29, 0.717) is 32.0 Å². The maximum Gasteiger partial charge on any atom is 0.435 e. The first-order valence-electron chi connectivity index (χ1n) is 16.2. The second-order valence-electron chi connectivity index (χ2n) is 13.4. The number of piperidine rings is 1. The van der Waals surface area contributed by atoms with Crippen LogP contribution in [0.3, 0.4) is 0 Å². The lowest BCUT2D eigenvalue weighted by Crippen LogP contribution is -2.48. The van der Waals surface area contributed by atoms with Crippen LogP contribution < -0.4 is 16.0 Å². The zero-order valence-electron chi connectivity index (χ0n) is 26.1. The second kappa shape index (κ2) is 12.4. The van der Waals surface area contributed by atoms with Crippen molar-refractivity contribution in [2.75, 3.05) is 18.4 Å². The number of nitrogens with zero attached hydrogens (tertiary/aromatic N) is 5. The smallest absolute Gasteiger partial charge is 0.391 e. The van der Waals surface area contributed by atoms with Crippen LogP contribution in [0.15, 0.2) is 30.6 Å². The fraction of sp³-hybridized carbons (Fsp3) is 0.531. The number of aromatic nitrogens is 4. The van der Waals surface area contributed by atoms with Crippen LogP contribution in [0.1, 0.15) is 65.2 Å². The van der Waals surface area contributed by atoms with Gasteiger partial charge in [0.1, 0.15) is 0 Å². The van der Waals surface area contributed by atoms with Gasteiger partial charge in [0.25, 0.3) is 11.8 Å². The summed E-state index contributed by atoms with van der Waals surface area (Å²) in [7, 11) is 1.46. The summed E-state index contributed by atoms with van der Waals surface area (Å²) >= 11 is 6.43. The van der Waals surface area contributed by atoms with E-state index in [0.717, 1.165) is 32.1 Å². The van der Waals surface area contributed by atoms with Crippen molar-refractivity contribution in [2.24, 2.45) is 24.8 Å². The van der Waals surface area contributed by atoms with E-state index < -0.39 is 23.9 Å². The normalized spacial score (nSPS) is 25.0. The fourth-order valence-electron chi connectivity index (χ4n) is 7.18. The average Bonchev–Trinajstić information content (AvgIpc) is 3.56. The third-order valence-corrected chi connectivity index (χ3v) is 10.5. The summed E-state index contributed by atoms with van der Waals surface area (Å²) in [5, 5.41) is 22.5. The molecule has 12 nitrogen and oxygen atoms in total. The number of halogens is 4. The highest BCUT2D eigenvalue weighted by Crippen LogP contribution is 2.46. The Labute approximate surface area is 279 Å². The third kappa shape index (κ3) is 6.25. The van der Waals surface area contributed by atoms with E-state index in [-0.39, 0.29) is 69.2 Å². The Morgan fingerprint density at radius 3 is 2.40 bits per heavy atom. The molecule has 0 bridgehead atoms. The molecular weight excluding hydrogens is 653 g/mol. The highest BCUT2D eigenvalue weighted by atomic mass is 35.5. The number of carbonyl (C=O) groups excluding carboxylic acids is 3. The first-order valence-corrected chi connectivity index (χ1v) is 16.6. The molecule has 1 aromatic carbocycles. The minimum absolute atomic E-state index is 0.0881. The average molecular weight is 689 g/mol. The predicted octanol–water partition coefficient (Wildman–Crippen LogP) is 4.29. The van der Waals surface area contributed by atoms with E-state index in [4.69, 9.17) is 11.6 Å². The molecule has 5 atom stereocenters. The van der Waals surface area contributed by atoms with Crippen molar-refractivity contribution in [3.8, 4) is 11.3 Å². The number of hydrogen-bond donors (Lipinski definition) is 4. The van der Waals surface area contributed by atoms with Crippen LogP contribution in [0.25, 0.3) is 11.3 Å². The van der Waals surface area contributed by atoms with E-state index in [1.54, 1.807) is 4.90 Å². The number of alkyl halides is 3. The zero-order chi connectivity index (χ0) is 33.9. The number of likely N-dealkylation sites (tertiary alicyclic amines) is 1. The number of fused-ring (bicyclic) bond motifs is 1. The molecule has 1 saturated heterocycles. The van der Waals surface area contributed by atoms with E-state index in [2.05, 4.69) is 26.0 Å². The molecule has 1 unspecified atom stereocenters. The number of nitrogens with one attached hydrogen (secondary N) is 3. The van der Waals surface area contributed by atoms with Crippen molar-refractivity contribution in [2.45, 2.75) is 69.4 Å². The summed E-state index contributed by atoms with van der Waals surface area (Å²) in [5.74, 6) is -0.600. The number of amides is 4. The summed E-state index contributed by atoms with van der Waals surface area (Å²) in [5.41, 5.74) is -0.613.